The molecule has 5 heterocycles. The minimum Gasteiger partial charge on any atom is -0.507 e. The number of hydrogen-bond acceptors (Lipinski definition) is 7. The zero-order valence-corrected chi connectivity index (χ0v) is 19.9. The Hall–Kier alpha value is -3.32. The third kappa shape index (κ3) is 3.55. The highest BCUT2D eigenvalue weighted by Crippen LogP contribution is 2.50. The lowest BCUT2D eigenvalue weighted by molar-refractivity contribution is 0.201. The first-order valence-electron chi connectivity index (χ1n) is 12.0. The Bertz CT molecular complexity index is 1270. The molecule has 7 nitrogen and oxygen atoms in total. The third-order valence-corrected chi connectivity index (χ3v) is 7.85. The number of piperidine rings is 1. The van der Waals surface area contributed by atoms with Crippen LogP contribution in [0.5, 0.6) is 5.75 Å². The standard InChI is InChI=1S/C27H30N6O/c1-26-9-10-27(2,32-26)16-18(15-26)19-8-12-33(3)23-14-22(30-31-25(19)23)20-7-6-17(13-24(20)34)21-5-4-11-28-29-21/h4-8,11,13-14,18,32,34H,9-10,12,15-16H2,1-3H3/t18?,26-,27+. The zero-order valence-electron chi connectivity index (χ0n) is 19.9. The maximum atomic E-state index is 10.8. The van der Waals surface area contributed by atoms with Crippen molar-refractivity contribution in [2.75, 3.05) is 18.5 Å². The number of benzene rings is 1. The second-order valence-electron chi connectivity index (χ2n) is 10.7. The van der Waals surface area contributed by atoms with Gasteiger partial charge < -0.3 is 15.3 Å². The van der Waals surface area contributed by atoms with Gasteiger partial charge in [-0.2, -0.15) is 10.2 Å². The molecule has 2 saturated heterocycles. The van der Waals surface area contributed by atoms with Crippen LogP contribution in [-0.2, 0) is 0 Å². The Balaban J connectivity index is 1.34. The monoisotopic (exact) mass is 454 g/mol. The van der Waals surface area contributed by atoms with E-state index in [1.54, 1.807) is 12.3 Å². The number of aromatic nitrogens is 4. The highest BCUT2D eigenvalue weighted by molar-refractivity contribution is 5.82. The van der Waals surface area contributed by atoms with Crippen LogP contribution in [0.4, 0.5) is 5.69 Å². The number of nitrogens with zero attached hydrogens (tertiary/aromatic N) is 5. The Morgan fingerprint density at radius 3 is 2.50 bits per heavy atom. The van der Waals surface area contributed by atoms with Gasteiger partial charge >= 0.3 is 0 Å². The minimum atomic E-state index is 0.155. The van der Waals surface area contributed by atoms with Gasteiger partial charge in [0.1, 0.15) is 11.4 Å². The summed E-state index contributed by atoms with van der Waals surface area (Å²) in [4.78, 5) is 2.21. The van der Waals surface area contributed by atoms with Crippen molar-refractivity contribution in [2.24, 2.45) is 5.92 Å². The van der Waals surface area contributed by atoms with Crippen molar-refractivity contribution in [2.45, 2.75) is 50.6 Å². The van der Waals surface area contributed by atoms with Crippen molar-refractivity contribution in [3.63, 3.8) is 0 Å². The second-order valence-corrected chi connectivity index (χ2v) is 10.7. The molecule has 2 aromatic heterocycles. The van der Waals surface area contributed by atoms with Crippen LogP contribution in [0.2, 0.25) is 0 Å². The average molecular weight is 455 g/mol. The van der Waals surface area contributed by atoms with E-state index in [2.05, 4.69) is 58.6 Å². The van der Waals surface area contributed by atoms with Gasteiger partial charge in [-0.05, 0) is 81.4 Å². The molecule has 1 unspecified atom stereocenters. The first-order valence-corrected chi connectivity index (χ1v) is 12.0. The Kier molecular flexibility index (Phi) is 4.74. The van der Waals surface area contributed by atoms with Gasteiger partial charge in [-0.15, -0.1) is 10.2 Å². The quantitative estimate of drug-likeness (QED) is 0.605. The van der Waals surface area contributed by atoms with Crippen LogP contribution in [0.1, 0.15) is 45.2 Å². The zero-order chi connectivity index (χ0) is 23.5. The first-order chi connectivity index (χ1) is 16.3. The highest BCUT2D eigenvalue weighted by atomic mass is 16.3. The van der Waals surface area contributed by atoms with E-state index in [9.17, 15) is 5.11 Å². The first kappa shape index (κ1) is 21.2. The summed E-state index contributed by atoms with van der Waals surface area (Å²) in [6.07, 6.45) is 8.70. The molecule has 3 aliphatic heterocycles. The van der Waals surface area contributed by atoms with E-state index in [4.69, 9.17) is 5.10 Å². The third-order valence-electron chi connectivity index (χ3n) is 7.85. The van der Waals surface area contributed by atoms with Crippen LogP contribution < -0.4 is 10.2 Å². The number of likely N-dealkylation sites (N-methyl/N-ethyl adjacent to an activating group) is 1. The molecule has 34 heavy (non-hydrogen) atoms. The molecule has 2 fully saturated rings. The molecule has 0 saturated carbocycles. The van der Waals surface area contributed by atoms with Crippen molar-refractivity contribution in [3.05, 3.63) is 54.4 Å². The van der Waals surface area contributed by atoms with E-state index in [1.807, 2.05) is 24.3 Å². The molecule has 0 amide bonds. The van der Waals surface area contributed by atoms with E-state index in [0.717, 1.165) is 36.3 Å². The van der Waals surface area contributed by atoms with Crippen molar-refractivity contribution in [1.82, 2.24) is 25.7 Å². The number of hydrogen-bond donors (Lipinski definition) is 2. The topological polar surface area (TPSA) is 87.1 Å². The molecule has 0 aliphatic carbocycles. The number of phenols is 1. The van der Waals surface area contributed by atoms with Crippen LogP contribution in [0.25, 0.3) is 28.1 Å². The SMILES string of the molecule is CN1CC=C(C2C[C@]3(C)CC[C@](C)(C2)N3)c2nnc(-c3ccc(-c4cccnn4)cc3O)cc21. The second kappa shape index (κ2) is 7.60. The highest BCUT2D eigenvalue weighted by Gasteiger charge is 2.49. The number of anilines is 1. The van der Waals surface area contributed by atoms with Gasteiger partial charge in [-0.3, -0.25) is 0 Å². The molecular weight excluding hydrogens is 424 g/mol. The number of nitrogens with one attached hydrogen (secondary N) is 1. The predicted octanol–water partition coefficient (Wildman–Crippen LogP) is 4.45. The normalized spacial score (nSPS) is 27.9. The lowest BCUT2D eigenvalue weighted by Crippen LogP contribution is -2.53. The van der Waals surface area contributed by atoms with Crippen LogP contribution in [0.15, 0.2) is 48.7 Å². The molecule has 7 heteroatoms. The van der Waals surface area contributed by atoms with E-state index in [1.165, 1.54) is 18.4 Å². The molecule has 6 rings (SSSR count). The van der Waals surface area contributed by atoms with Gasteiger partial charge in [0.2, 0.25) is 0 Å². The number of aromatic hydroxyl groups is 1. The van der Waals surface area contributed by atoms with Crippen molar-refractivity contribution < 1.29 is 5.11 Å². The Morgan fingerprint density at radius 1 is 1.00 bits per heavy atom. The smallest absolute Gasteiger partial charge is 0.125 e. The number of fused-ring (bicyclic) bond motifs is 3. The van der Waals surface area contributed by atoms with Gasteiger partial charge in [0, 0.05) is 42.0 Å². The summed E-state index contributed by atoms with van der Waals surface area (Å²) in [6.45, 7) is 5.58. The van der Waals surface area contributed by atoms with E-state index in [0.29, 0.717) is 22.9 Å². The molecule has 2 bridgehead atoms. The predicted molar refractivity (Wildman–Crippen MR) is 133 cm³/mol. The fourth-order valence-electron chi connectivity index (χ4n) is 6.25. The fraction of sp³-hybridized carbons (Fsp3) is 0.407. The van der Waals surface area contributed by atoms with Gasteiger partial charge in [0.05, 0.1) is 17.1 Å². The lowest BCUT2D eigenvalue weighted by Gasteiger charge is -2.43. The summed E-state index contributed by atoms with van der Waals surface area (Å²) in [6, 6.07) is 11.3. The molecule has 0 spiro atoms. The van der Waals surface area contributed by atoms with Crippen LogP contribution >= 0.6 is 0 Å². The van der Waals surface area contributed by atoms with Crippen LogP contribution in [-0.4, -0.2) is 50.2 Å². The Labute approximate surface area is 200 Å². The summed E-state index contributed by atoms with van der Waals surface area (Å²) in [5.74, 6) is 0.633. The van der Waals surface area contributed by atoms with Gasteiger partial charge in [-0.1, -0.05) is 12.1 Å². The summed E-state index contributed by atoms with van der Waals surface area (Å²) in [5, 5.41) is 32.1. The van der Waals surface area contributed by atoms with Gasteiger partial charge in [-0.25, -0.2) is 0 Å². The fourth-order valence-corrected chi connectivity index (χ4v) is 6.25. The van der Waals surface area contributed by atoms with Crippen molar-refractivity contribution in [3.8, 4) is 28.3 Å². The molecule has 1 aromatic carbocycles. The maximum Gasteiger partial charge on any atom is 0.125 e. The van der Waals surface area contributed by atoms with Crippen molar-refractivity contribution in [1.29, 1.82) is 0 Å². The molecule has 174 valence electrons. The van der Waals surface area contributed by atoms with E-state index in [-0.39, 0.29) is 16.8 Å². The molecule has 2 N–H and O–H groups in total. The van der Waals surface area contributed by atoms with Gasteiger partial charge in [0.15, 0.2) is 0 Å². The molecule has 3 aromatic rings. The maximum absolute atomic E-state index is 10.8. The van der Waals surface area contributed by atoms with Crippen molar-refractivity contribution >= 4 is 11.3 Å². The number of phenolic OH excluding ortho intramolecular Hbond substituents is 1. The van der Waals surface area contributed by atoms with Crippen LogP contribution in [0, 0.1) is 5.92 Å². The lowest BCUT2D eigenvalue weighted by atomic mass is 9.75. The summed E-state index contributed by atoms with van der Waals surface area (Å²) < 4.78 is 0. The van der Waals surface area contributed by atoms with E-state index >= 15 is 0 Å². The summed E-state index contributed by atoms with van der Waals surface area (Å²) in [7, 11) is 2.09. The minimum absolute atomic E-state index is 0.155. The summed E-state index contributed by atoms with van der Waals surface area (Å²) >= 11 is 0. The Morgan fingerprint density at radius 2 is 1.79 bits per heavy atom. The van der Waals surface area contributed by atoms with Gasteiger partial charge in [0.25, 0.3) is 0 Å². The average Bonchev–Trinajstić information content (AvgIpc) is 3.06. The number of allylic oxidation sites excluding steroid dienone is 1. The largest absolute Gasteiger partial charge is 0.507 e. The van der Waals surface area contributed by atoms with E-state index < -0.39 is 0 Å². The number of rotatable bonds is 3. The molecule has 3 atom stereocenters. The van der Waals surface area contributed by atoms with Crippen LogP contribution in [0.3, 0.4) is 0 Å². The summed E-state index contributed by atoms with van der Waals surface area (Å²) in [5.41, 5.74) is 6.63. The molecule has 0 radical (unpaired) electrons. The molecular formula is C27H30N6O. The molecule has 3 aliphatic rings.